The van der Waals surface area contributed by atoms with E-state index in [1.54, 1.807) is 13.0 Å². The first kappa shape index (κ1) is 20.4. The van der Waals surface area contributed by atoms with Crippen LogP contribution in [0.15, 0.2) is 6.08 Å². The van der Waals surface area contributed by atoms with Crippen LogP contribution >= 0.6 is 0 Å². The molecule has 1 aromatic rings. The molecule has 0 saturated carbocycles. The lowest BCUT2D eigenvalue weighted by Gasteiger charge is -2.22. The van der Waals surface area contributed by atoms with E-state index in [9.17, 15) is 18.3 Å². The molecular weight excluding hydrogens is 351 g/mol. The summed E-state index contributed by atoms with van der Waals surface area (Å²) in [6.07, 6.45) is -1.65. The Morgan fingerprint density at radius 3 is 2.42 bits per heavy atom. The second-order valence-electron chi connectivity index (χ2n) is 6.33. The minimum Gasteiger partial charge on any atom is -0.394 e. The smallest absolute Gasteiger partial charge is 0.394 e. The normalized spacial score (nSPS) is 20.3. The van der Waals surface area contributed by atoms with E-state index in [1.807, 2.05) is 0 Å². The molecule has 0 amide bonds. The third-order valence-electron chi connectivity index (χ3n) is 4.02. The van der Waals surface area contributed by atoms with Crippen molar-refractivity contribution in [3.63, 3.8) is 0 Å². The Balaban J connectivity index is 2.37. The Bertz CT molecular complexity index is 639. The molecule has 7 nitrogen and oxygen atoms in total. The van der Waals surface area contributed by atoms with Crippen LogP contribution in [0.2, 0.25) is 0 Å². The van der Waals surface area contributed by atoms with Crippen LogP contribution in [0.5, 0.6) is 0 Å². The Labute approximate surface area is 149 Å². The fraction of sp³-hybridized carbons (Fsp3) is 0.688. The van der Waals surface area contributed by atoms with Gasteiger partial charge in [0.2, 0.25) is 11.9 Å². The van der Waals surface area contributed by atoms with Crippen LogP contribution in [-0.2, 0) is 0 Å². The Hall–Kier alpha value is -1.94. The topological polar surface area (TPSA) is 103 Å². The highest BCUT2D eigenvalue weighted by Gasteiger charge is 2.39. The predicted octanol–water partition coefficient (Wildman–Crippen LogP) is 2.35. The van der Waals surface area contributed by atoms with E-state index in [4.69, 9.17) is 5.11 Å². The highest BCUT2D eigenvalue weighted by atomic mass is 19.4. The summed E-state index contributed by atoms with van der Waals surface area (Å²) in [5.41, 5.74) is 0.661. The molecule has 26 heavy (non-hydrogen) atoms. The second-order valence-corrected chi connectivity index (χ2v) is 6.33. The summed E-state index contributed by atoms with van der Waals surface area (Å²) in [5.74, 6) is 0.0794. The van der Waals surface area contributed by atoms with E-state index in [0.29, 0.717) is 18.4 Å². The van der Waals surface area contributed by atoms with Gasteiger partial charge in [-0.05, 0) is 44.3 Å². The van der Waals surface area contributed by atoms with Gasteiger partial charge in [0.05, 0.1) is 12.7 Å². The zero-order chi connectivity index (χ0) is 19.3. The average molecular weight is 375 g/mol. The highest BCUT2D eigenvalue weighted by molar-refractivity contribution is 5.63. The number of aromatic nitrogens is 3. The van der Waals surface area contributed by atoms with Gasteiger partial charge in [0.1, 0.15) is 6.04 Å². The number of aliphatic hydroxyl groups is 2. The SMILES string of the molecule is CC[C@@H](Nc1nc(NC(C)CO)nc(C2=CC(O)CCC2)n1)C(F)(F)F. The summed E-state index contributed by atoms with van der Waals surface area (Å²) >= 11 is 0. The number of nitrogens with zero attached hydrogens (tertiary/aromatic N) is 3. The molecule has 2 rings (SSSR count). The Morgan fingerprint density at radius 1 is 1.23 bits per heavy atom. The standard InChI is InChI=1S/C16H24F3N5O2/c1-3-12(16(17,18)19)21-15-23-13(10-5-4-6-11(26)7-10)22-14(24-15)20-9(2)8-25/h7,9,11-12,25-26H,3-6,8H2,1-2H3,(H2,20,21,22,23,24)/t9?,11?,12-/m1/s1. The van der Waals surface area contributed by atoms with Crippen molar-refractivity contribution in [3.05, 3.63) is 11.9 Å². The summed E-state index contributed by atoms with van der Waals surface area (Å²) in [6.45, 7) is 2.91. The van der Waals surface area contributed by atoms with Crippen molar-refractivity contribution in [1.29, 1.82) is 0 Å². The quantitative estimate of drug-likeness (QED) is 0.580. The van der Waals surface area contributed by atoms with Gasteiger partial charge in [-0.1, -0.05) is 6.92 Å². The fourth-order valence-electron chi connectivity index (χ4n) is 2.57. The minimum atomic E-state index is -4.44. The molecule has 1 aliphatic rings. The van der Waals surface area contributed by atoms with Crippen LogP contribution in [0.3, 0.4) is 0 Å². The van der Waals surface area contributed by atoms with E-state index in [2.05, 4.69) is 25.6 Å². The first-order valence-corrected chi connectivity index (χ1v) is 8.58. The van der Waals surface area contributed by atoms with Crippen molar-refractivity contribution in [2.75, 3.05) is 17.2 Å². The van der Waals surface area contributed by atoms with Crippen molar-refractivity contribution in [2.24, 2.45) is 0 Å². The number of rotatable bonds is 7. The largest absolute Gasteiger partial charge is 0.408 e. The van der Waals surface area contributed by atoms with E-state index in [-0.39, 0.29) is 36.8 Å². The molecule has 0 saturated heterocycles. The molecule has 0 bridgehead atoms. The minimum absolute atomic E-state index is 0.0667. The number of nitrogens with one attached hydrogen (secondary N) is 2. The third kappa shape index (κ3) is 5.53. The molecule has 1 heterocycles. The van der Waals surface area contributed by atoms with E-state index >= 15 is 0 Å². The maximum atomic E-state index is 13.1. The molecule has 1 aromatic heterocycles. The van der Waals surface area contributed by atoms with Crippen LogP contribution in [0.25, 0.3) is 5.57 Å². The summed E-state index contributed by atoms with van der Waals surface area (Å²) in [4.78, 5) is 12.3. The van der Waals surface area contributed by atoms with Crippen molar-refractivity contribution in [3.8, 4) is 0 Å². The first-order valence-electron chi connectivity index (χ1n) is 8.58. The van der Waals surface area contributed by atoms with Crippen LogP contribution in [0, 0.1) is 0 Å². The van der Waals surface area contributed by atoms with Gasteiger partial charge in [0, 0.05) is 6.04 Å². The molecule has 0 fully saturated rings. The van der Waals surface area contributed by atoms with Gasteiger partial charge >= 0.3 is 6.18 Å². The summed E-state index contributed by atoms with van der Waals surface area (Å²) in [5, 5.41) is 24.1. The Morgan fingerprint density at radius 2 is 1.88 bits per heavy atom. The molecule has 4 N–H and O–H groups in total. The van der Waals surface area contributed by atoms with Gasteiger partial charge in [-0.15, -0.1) is 0 Å². The lowest BCUT2D eigenvalue weighted by molar-refractivity contribution is -0.143. The van der Waals surface area contributed by atoms with Crippen molar-refractivity contribution in [1.82, 2.24) is 15.0 Å². The predicted molar refractivity (Wildman–Crippen MR) is 91.6 cm³/mol. The number of alkyl halides is 3. The highest BCUT2D eigenvalue weighted by Crippen LogP contribution is 2.28. The second kappa shape index (κ2) is 8.63. The van der Waals surface area contributed by atoms with Gasteiger partial charge in [-0.2, -0.15) is 28.1 Å². The molecule has 0 spiro atoms. The van der Waals surface area contributed by atoms with Crippen LogP contribution in [-0.4, -0.2) is 56.1 Å². The van der Waals surface area contributed by atoms with Crippen LogP contribution in [0.1, 0.15) is 45.4 Å². The van der Waals surface area contributed by atoms with Gasteiger partial charge in [-0.3, -0.25) is 0 Å². The number of allylic oxidation sites excluding steroid dienone is 1. The van der Waals surface area contributed by atoms with E-state index in [1.165, 1.54) is 6.92 Å². The van der Waals surface area contributed by atoms with Crippen molar-refractivity contribution >= 4 is 17.5 Å². The number of aliphatic hydroxyl groups excluding tert-OH is 2. The average Bonchev–Trinajstić information content (AvgIpc) is 2.58. The first-order chi connectivity index (χ1) is 12.2. The molecule has 2 unspecified atom stereocenters. The Kier molecular flexibility index (Phi) is 6.76. The maximum absolute atomic E-state index is 13.1. The number of hydrogen-bond donors (Lipinski definition) is 4. The molecule has 0 aromatic carbocycles. The van der Waals surface area contributed by atoms with Crippen molar-refractivity contribution in [2.45, 2.75) is 63.9 Å². The lowest BCUT2D eigenvalue weighted by atomic mass is 9.97. The number of halogens is 3. The fourth-order valence-corrected chi connectivity index (χ4v) is 2.57. The summed E-state index contributed by atoms with van der Waals surface area (Å²) in [7, 11) is 0. The summed E-state index contributed by atoms with van der Waals surface area (Å²) < 4.78 is 39.2. The maximum Gasteiger partial charge on any atom is 0.408 e. The molecule has 1 aliphatic carbocycles. The van der Waals surface area contributed by atoms with E-state index < -0.39 is 18.3 Å². The lowest BCUT2D eigenvalue weighted by Crippen LogP contribution is -2.36. The van der Waals surface area contributed by atoms with Crippen LogP contribution in [0.4, 0.5) is 25.1 Å². The number of hydrogen-bond acceptors (Lipinski definition) is 7. The molecule has 10 heteroatoms. The zero-order valence-corrected chi connectivity index (χ0v) is 14.7. The third-order valence-corrected chi connectivity index (χ3v) is 4.02. The molecule has 146 valence electrons. The molecule has 0 aliphatic heterocycles. The zero-order valence-electron chi connectivity index (χ0n) is 14.7. The molecular formula is C16H24F3N5O2. The van der Waals surface area contributed by atoms with E-state index in [0.717, 1.165) is 6.42 Å². The summed E-state index contributed by atoms with van der Waals surface area (Å²) in [6, 6.07) is -2.17. The number of anilines is 2. The van der Waals surface area contributed by atoms with Gasteiger partial charge in [0.25, 0.3) is 0 Å². The molecule has 0 radical (unpaired) electrons. The van der Waals surface area contributed by atoms with Gasteiger partial charge in [-0.25, -0.2) is 0 Å². The monoisotopic (exact) mass is 375 g/mol. The van der Waals surface area contributed by atoms with Crippen molar-refractivity contribution < 1.29 is 23.4 Å². The van der Waals surface area contributed by atoms with Crippen LogP contribution < -0.4 is 10.6 Å². The van der Waals surface area contributed by atoms with Gasteiger partial charge < -0.3 is 20.8 Å². The van der Waals surface area contributed by atoms with Gasteiger partial charge in [0.15, 0.2) is 5.82 Å². The molecule has 3 atom stereocenters.